The van der Waals surface area contributed by atoms with Crippen LogP contribution in [0.3, 0.4) is 0 Å². The van der Waals surface area contributed by atoms with E-state index >= 15 is 0 Å². The maximum Gasteiger partial charge on any atom is 0.223 e. The van der Waals surface area contributed by atoms with Gasteiger partial charge in [-0.25, -0.2) is 4.98 Å². The fraction of sp³-hybridized carbons (Fsp3) is 0.267. The minimum absolute atomic E-state index is 0.387. The largest absolute Gasteiger partial charge is 0.437 e. The zero-order valence-electron chi connectivity index (χ0n) is 11.5. The van der Waals surface area contributed by atoms with Gasteiger partial charge in [0.15, 0.2) is 0 Å². The molecule has 2 rings (SSSR count). The Morgan fingerprint density at radius 3 is 2.67 bits per heavy atom. The predicted octanol–water partition coefficient (Wildman–Crippen LogP) is 5.33. The highest BCUT2D eigenvalue weighted by atomic mass is 35.5. The van der Waals surface area contributed by atoms with E-state index in [1.54, 1.807) is 18.3 Å². The third-order valence-electron chi connectivity index (χ3n) is 2.77. The van der Waals surface area contributed by atoms with Gasteiger partial charge >= 0.3 is 0 Å². The molecule has 0 amide bonds. The Morgan fingerprint density at radius 1 is 1.14 bits per heavy atom. The van der Waals surface area contributed by atoms with Crippen LogP contribution in [-0.4, -0.2) is 11.5 Å². The van der Waals surface area contributed by atoms with Gasteiger partial charge in [0.1, 0.15) is 5.75 Å². The first-order valence-electron chi connectivity index (χ1n) is 6.58. The highest BCUT2D eigenvalue weighted by molar-refractivity contribution is 6.43. The van der Waals surface area contributed by atoms with E-state index in [1.165, 1.54) is 0 Å². The Hall–Kier alpha value is -1.000. The van der Waals surface area contributed by atoms with Gasteiger partial charge in [-0.2, -0.15) is 0 Å². The average Bonchev–Trinajstić information content (AvgIpc) is 2.47. The molecule has 0 aliphatic heterocycles. The van der Waals surface area contributed by atoms with Gasteiger partial charge in [0.2, 0.25) is 5.88 Å². The van der Waals surface area contributed by atoms with Gasteiger partial charge in [0, 0.05) is 24.4 Å². The summed E-state index contributed by atoms with van der Waals surface area (Å²) in [5.74, 6) is 0.933. The summed E-state index contributed by atoms with van der Waals surface area (Å²) in [6.07, 6.45) is 2.74. The van der Waals surface area contributed by atoms with Crippen molar-refractivity contribution in [2.75, 3.05) is 6.54 Å². The lowest BCUT2D eigenvalue weighted by atomic mass is 10.2. The summed E-state index contributed by atoms with van der Waals surface area (Å²) in [7, 11) is 0. The Bertz CT molecular complexity index is 620. The molecule has 112 valence electrons. The molecule has 6 heteroatoms. The van der Waals surface area contributed by atoms with Crippen molar-refractivity contribution in [2.24, 2.45) is 0 Å². The van der Waals surface area contributed by atoms with Crippen molar-refractivity contribution in [3.8, 4) is 11.6 Å². The topological polar surface area (TPSA) is 34.2 Å². The molecule has 0 fully saturated rings. The molecule has 3 nitrogen and oxygen atoms in total. The van der Waals surface area contributed by atoms with E-state index in [0.717, 1.165) is 18.5 Å². The number of nitrogens with one attached hydrogen (secondary N) is 1. The van der Waals surface area contributed by atoms with E-state index in [-0.39, 0.29) is 0 Å². The monoisotopic (exact) mass is 344 g/mol. The summed E-state index contributed by atoms with van der Waals surface area (Å²) in [5, 5.41) is 4.48. The van der Waals surface area contributed by atoms with Crippen LogP contribution in [0.5, 0.6) is 11.6 Å². The molecule has 0 unspecified atom stereocenters. The van der Waals surface area contributed by atoms with Crippen LogP contribution in [0.2, 0.25) is 15.1 Å². The molecule has 0 saturated heterocycles. The van der Waals surface area contributed by atoms with E-state index in [4.69, 9.17) is 39.5 Å². The standard InChI is InChI=1S/C15H15Cl3N2O/c1-2-5-19-9-10-4-3-6-20-15(10)21-14-8-12(17)11(16)7-13(14)18/h3-4,6-8,19H,2,5,9H2,1H3. The van der Waals surface area contributed by atoms with Crippen molar-refractivity contribution >= 4 is 34.8 Å². The fourth-order valence-corrected chi connectivity index (χ4v) is 2.31. The van der Waals surface area contributed by atoms with E-state index in [9.17, 15) is 0 Å². The minimum atomic E-state index is 0.387. The number of benzene rings is 1. The van der Waals surface area contributed by atoms with Crippen molar-refractivity contribution in [1.29, 1.82) is 0 Å². The summed E-state index contributed by atoms with van der Waals surface area (Å²) in [6, 6.07) is 6.96. The molecule has 1 N–H and O–H groups in total. The maximum absolute atomic E-state index is 6.12. The lowest BCUT2D eigenvalue weighted by molar-refractivity contribution is 0.453. The molecule has 0 spiro atoms. The zero-order chi connectivity index (χ0) is 15.2. The Morgan fingerprint density at radius 2 is 1.90 bits per heavy atom. The summed E-state index contributed by atoms with van der Waals surface area (Å²) in [6.45, 7) is 3.72. The van der Waals surface area contributed by atoms with Gasteiger partial charge in [-0.05, 0) is 25.1 Å². The van der Waals surface area contributed by atoms with E-state index in [1.807, 2.05) is 12.1 Å². The van der Waals surface area contributed by atoms with Crippen LogP contribution in [0, 0.1) is 0 Å². The lowest BCUT2D eigenvalue weighted by Crippen LogP contribution is -2.14. The van der Waals surface area contributed by atoms with E-state index in [0.29, 0.717) is 33.2 Å². The van der Waals surface area contributed by atoms with Gasteiger partial charge in [-0.1, -0.05) is 47.8 Å². The maximum atomic E-state index is 6.12. The molecule has 0 aliphatic rings. The first-order valence-corrected chi connectivity index (χ1v) is 7.72. The normalized spacial score (nSPS) is 10.7. The molecule has 0 atom stereocenters. The summed E-state index contributed by atoms with van der Waals surface area (Å²) < 4.78 is 5.78. The van der Waals surface area contributed by atoms with Crippen molar-refractivity contribution in [1.82, 2.24) is 10.3 Å². The van der Waals surface area contributed by atoms with Crippen LogP contribution in [0.25, 0.3) is 0 Å². The molecule has 2 aromatic rings. The number of ether oxygens (including phenoxy) is 1. The van der Waals surface area contributed by atoms with Gasteiger partial charge in [-0.3, -0.25) is 0 Å². The first-order chi connectivity index (χ1) is 10.1. The van der Waals surface area contributed by atoms with Gasteiger partial charge in [-0.15, -0.1) is 0 Å². The molecule has 1 heterocycles. The van der Waals surface area contributed by atoms with Gasteiger partial charge in [0.05, 0.1) is 15.1 Å². The Balaban J connectivity index is 2.21. The van der Waals surface area contributed by atoms with Crippen LogP contribution >= 0.6 is 34.8 Å². The lowest BCUT2D eigenvalue weighted by Gasteiger charge is -2.12. The second-order valence-corrected chi connectivity index (χ2v) is 5.66. The molecular formula is C15H15Cl3N2O. The van der Waals surface area contributed by atoms with Crippen molar-refractivity contribution in [2.45, 2.75) is 19.9 Å². The van der Waals surface area contributed by atoms with E-state index < -0.39 is 0 Å². The number of nitrogens with zero attached hydrogens (tertiary/aromatic N) is 1. The molecule has 0 saturated carbocycles. The molecule has 0 bridgehead atoms. The van der Waals surface area contributed by atoms with Gasteiger partial charge in [0.25, 0.3) is 0 Å². The van der Waals surface area contributed by atoms with Crippen LogP contribution in [0.1, 0.15) is 18.9 Å². The Labute approximate surface area is 139 Å². The van der Waals surface area contributed by atoms with Crippen LogP contribution in [-0.2, 0) is 6.54 Å². The minimum Gasteiger partial charge on any atom is -0.437 e. The number of aromatic nitrogens is 1. The number of halogens is 3. The third-order valence-corrected chi connectivity index (χ3v) is 3.79. The second-order valence-electron chi connectivity index (χ2n) is 4.44. The van der Waals surface area contributed by atoms with Gasteiger partial charge < -0.3 is 10.1 Å². The highest BCUT2D eigenvalue weighted by Gasteiger charge is 2.11. The first kappa shape index (κ1) is 16.4. The highest BCUT2D eigenvalue weighted by Crippen LogP contribution is 2.36. The summed E-state index contributed by atoms with van der Waals surface area (Å²) in [4.78, 5) is 4.25. The predicted molar refractivity (Wildman–Crippen MR) is 87.8 cm³/mol. The van der Waals surface area contributed by atoms with Crippen LogP contribution < -0.4 is 10.1 Å². The van der Waals surface area contributed by atoms with Crippen molar-refractivity contribution in [3.05, 3.63) is 51.1 Å². The number of pyridine rings is 1. The average molecular weight is 346 g/mol. The summed E-state index contributed by atoms with van der Waals surface area (Å²) >= 11 is 18.0. The molecule has 21 heavy (non-hydrogen) atoms. The van der Waals surface area contributed by atoms with Crippen LogP contribution in [0.4, 0.5) is 0 Å². The smallest absolute Gasteiger partial charge is 0.223 e. The zero-order valence-corrected chi connectivity index (χ0v) is 13.8. The van der Waals surface area contributed by atoms with Crippen molar-refractivity contribution in [3.63, 3.8) is 0 Å². The molecular weight excluding hydrogens is 331 g/mol. The van der Waals surface area contributed by atoms with Crippen molar-refractivity contribution < 1.29 is 4.74 Å². The molecule has 0 aliphatic carbocycles. The number of hydrogen-bond acceptors (Lipinski definition) is 3. The van der Waals surface area contributed by atoms with E-state index in [2.05, 4.69) is 17.2 Å². The number of hydrogen-bond donors (Lipinski definition) is 1. The molecule has 0 radical (unpaired) electrons. The molecule has 1 aromatic carbocycles. The Kier molecular flexibility index (Phi) is 6.12. The number of rotatable bonds is 6. The second kappa shape index (κ2) is 7.85. The third kappa shape index (κ3) is 4.48. The SMILES string of the molecule is CCCNCc1cccnc1Oc1cc(Cl)c(Cl)cc1Cl. The molecule has 1 aromatic heterocycles. The quantitative estimate of drug-likeness (QED) is 0.567. The summed E-state index contributed by atoms with van der Waals surface area (Å²) in [5.41, 5.74) is 0.952. The van der Waals surface area contributed by atoms with Crippen LogP contribution in [0.15, 0.2) is 30.5 Å². The fourth-order valence-electron chi connectivity index (χ4n) is 1.74.